The van der Waals surface area contributed by atoms with Crippen molar-refractivity contribution in [1.82, 2.24) is 10.0 Å². The van der Waals surface area contributed by atoms with E-state index < -0.39 is 16.1 Å². The summed E-state index contributed by atoms with van der Waals surface area (Å²) >= 11 is 0. The zero-order valence-electron chi connectivity index (χ0n) is 18.8. The molecule has 2 N–H and O–H groups in total. The van der Waals surface area contributed by atoms with Gasteiger partial charge in [0.1, 0.15) is 6.04 Å². The molecule has 8 heteroatoms. The van der Waals surface area contributed by atoms with Crippen LogP contribution in [0.25, 0.3) is 0 Å². The van der Waals surface area contributed by atoms with E-state index in [-0.39, 0.29) is 22.6 Å². The Hall–Kier alpha value is -2.71. The predicted molar refractivity (Wildman–Crippen MR) is 125 cm³/mol. The molecule has 32 heavy (non-hydrogen) atoms. The van der Waals surface area contributed by atoms with Crippen LogP contribution in [-0.4, -0.2) is 39.4 Å². The van der Waals surface area contributed by atoms with Gasteiger partial charge in [-0.25, -0.2) is 8.42 Å². The maximum atomic E-state index is 13.0. The quantitative estimate of drug-likeness (QED) is 0.605. The van der Waals surface area contributed by atoms with E-state index in [4.69, 9.17) is 0 Å². The standard InChI is InChI=1S/C24H31N3O4S/c1-4-22(28)27-15-13-19-16-20(10-11-21(19)27)32(30,31)26-23(17(2)3)24(29)25-14-12-18-8-6-5-7-9-18/h5-11,16-17,23,26H,4,12-15H2,1-3H3,(H,25,29). The second kappa shape index (κ2) is 10.3. The Morgan fingerprint density at radius 3 is 2.47 bits per heavy atom. The number of carbonyl (C=O) groups excluding carboxylic acids is 2. The largest absolute Gasteiger partial charge is 0.354 e. The lowest BCUT2D eigenvalue weighted by atomic mass is 10.0. The van der Waals surface area contributed by atoms with E-state index in [2.05, 4.69) is 10.0 Å². The van der Waals surface area contributed by atoms with Crippen LogP contribution in [0.5, 0.6) is 0 Å². The highest BCUT2D eigenvalue weighted by Gasteiger charge is 2.30. The molecule has 0 fully saturated rings. The number of benzene rings is 2. The molecule has 3 rings (SSSR count). The topological polar surface area (TPSA) is 95.6 Å². The van der Waals surface area contributed by atoms with Gasteiger partial charge in [-0.1, -0.05) is 51.1 Å². The summed E-state index contributed by atoms with van der Waals surface area (Å²) in [4.78, 5) is 26.6. The smallest absolute Gasteiger partial charge is 0.241 e. The normalized spacial score (nSPS) is 14.3. The average molecular weight is 458 g/mol. The lowest BCUT2D eigenvalue weighted by molar-refractivity contribution is -0.123. The molecule has 2 amide bonds. The molecule has 2 aromatic rings. The number of nitrogens with one attached hydrogen (secondary N) is 2. The van der Waals surface area contributed by atoms with Crippen molar-refractivity contribution in [3.05, 3.63) is 59.7 Å². The van der Waals surface area contributed by atoms with Crippen LogP contribution in [0.4, 0.5) is 5.69 Å². The predicted octanol–water partition coefficient (Wildman–Crippen LogP) is 2.65. The first kappa shape index (κ1) is 23.9. The molecule has 1 atom stereocenters. The van der Waals surface area contributed by atoms with Crippen molar-refractivity contribution in [2.45, 2.75) is 51.0 Å². The minimum Gasteiger partial charge on any atom is -0.354 e. The first-order chi connectivity index (χ1) is 15.2. The van der Waals surface area contributed by atoms with Gasteiger partial charge in [0.2, 0.25) is 21.8 Å². The van der Waals surface area contributed by atoms with E-state index in [1.165, 1.54) is 6.07 Å². The second-order valence-electron chi connectivity index (χ2n) is 8.31. The summed E-state index contributed by atoms with van der Waals surface area (Å²) in [5, 5.41) is 2.84. The summed E-state index contributed by atoms with van der Waals surface area (Å²) < 4.78 is 28.7. The van der Waals surface area contributed by atoms with Crippen LogP contribution in [0.2, 0.25) is 0 Å². The number of rotatable bonds is 9. The van der Waals surface area contributed by atoms with Gasteiger partial charge >= 0.3 is 0 Å². The van der Waals surface area contributed by atoms with Crippen molar-refractivity contribution < 1.29 is 18.0 Å². The van der Waals surface area contributed by atoms with Crippen LogP contribution < -0.4 is 14.9 Å². The van der Waals surface area contributed by atoms with E-state index in [1.54, 1.807) is 37.8 Å². The monoisotopic (exact) mass is 457 g/mol. The summed E-state index contributed by atoms with van der Waals surface area (Å²) in [7, 11) is -3.91. The lowest BCUT2D eigenvalue weighted by Gasteiger charge is -2.22. The van der Waals surface area contributed by atoms with E-state index in [0.29, 0.717) is 32.4 Å². The molecule has 1 aliphatic rings. The molecular weight excluding hydrogens is 426 g/mol. The molecule has 0 saturated heterocycles. The first-order valence-corrected chi connectivity index (χ1v) is 12.5. The summed E-state index contributed by atoms with van der Waals surface area (Å²) in [6.45, 7) is 6.40. The van der Waals surface area contributed by atoms with Gasteiger partial charge in [0.25, 0.3) is 0 Å². The number of sulfonamides is 1. The molecule has 1 aliphatic heterocycles. The van der Waals surface area contributed by atoms with Crippen LogP contribution in [-0.2, 0) is 32.5 Å². The fourth-order valence-electron chi connectivity index (χ4n) is 3.81. The molecule has 2 aromatic carbocycles. The van der Waals surface area contributed by atoms with Crippen molar-refractivity contribution in [2.75, 3.05) is 18.0 Å². The van der Waals surface area contributed by atoms with Crippen molar-refractivity contribution in [3.8, 4) is 0 Å². The molecule has 0 saturated carbocycles. The van der Waals surface area contributed by atoms with Crippen LogP contribution in [0.3, 0.4) is 0 Å². The number of carbonyl (C=O) groups is 2. The molecular formula is C24H31N3O4S. The van der Waals surface area contributed by atoms with Gasteiger partial charge in [-0.15, -0.1) is 0 Å². The van der Waals surface area contributed by atoms with Gasteiger partial charge in [-0.3, -0.25) is 9.59 Å². The molecule has 0 bridgehead atoms. The molecule has 1 unspecified atom stereocenters. The summed E-state index contributed by atoms with van der Waals surface area (Å²) in [6, 6.07) is 13.7. The van der Waals surface area contributed by atoms with Crippen molar-refractivity contribution in [1.29, 1.82) is 0 Å². The van der Waals surface area contributed by atoms with E-state index in [1.807, 2.05) is 30.3 Å². The van der Waals surface area contributed by atoms with Crippen molar-refractivity contribution in [2.24, 2.45) is 5.92 Å². The Labute approximate surface area is 190 Å². The molecule has 0 spiro atoms. The molecule has 7 nitrogen and oxygen atoms in total. The number of anilines is 1. The van der Waals surface area contributed by atoms with E-state index >= 15 is 0 Å². The summed E-state index contributed by atoms with van der Waals surface area (Å²) in [5.74, 6) is -0.557. The minimum atomic E-state index is -3.91. The second-order valence-corrected chi connectivity index (χ2v) is 10.0. The Balaban J connectivity index is 1.69. The third-order valence-electron chi connectivity index (χ3n) is 5.65. The fraction of sp³-hybridized carbons (Fsp3) is 0.417. The van der Waals surface area contributed by atoms with Gasteiger partial charge in [0.05, 0.1) is 4.90 Å². The highest BCUT2D eigenvalue weighted by atomic mass is 32.2. The third kappa shape index (κ3) is 5.55. The molecule has 1 heterocycles. The van der Waals surface area contributed by atoms with Crippen LogP contribution in [0.1, 0.15) is 38.3 Å². The molecule has 0 radical (unpaired) electrons. The Morgan fingerprint density at radius 1 is 1.09 bits per heavy atom. The number of fused-ring (bicyclic) bond motifs is 1. The highest BCUT2D eigenvalue weighted by Crippen LogP contribution is 2.30. The zero-order chi connectivity index (χ0) is 23.3. The van der Waals surface area contributed by atoms with Gasteiger partial charge in [0.15, 0.2) is 0 Å². The van der Waals surface area contributed by atoms with E-state index in [9.17, 15) is 18.0 Å². The third-order valence-corrected chi connectivity index (χ3v) is 7.09. The summed E-state index contributed by atoms with van der Waals surface area (Å²) in [6.07, 6.45) is 1.68. The fourth-order valence-corrected chi connectivity index (χ4v) is 5.20. The van der Waals surface area contributed by atoms with E-state index in [0.717, 1.165) is 16.8 Å². The van der Waals surface area contributed by atoms with Crippen LogP contribution in [0.15, 0.2) is 53.4 Å². The summed E-state index contributed by atoms with van der Waals surface area (Å²) in [5.41, 5.74) is 2.68. The highest BCUT2D eigenvalue weighted by molar-refractivity contribution is 7.89. The van der Waals surface area contributed by atoms with Gasteiger partial charge in [0, 0.05) is 25.2 Å². The molecule has 0 aliphatic carbocycles. The van der Waals surface area contributed by atoms with Crippen molar-refractivity contribution >= 4 is 27.5 Å². The van der Waals surface area contributed by atoms with Gasteiger partial charge in [-0.05, 0) is 48.1 Å². The Kier molecular flexibility index (Phi) is 7.69. The number of nitrogens with zero attached hydrogens (tertiary/aromatic N) is 1. The van der Waals surface area contributed by atoms with Gasteiger partial charge < -0.3 is 10.2 Å². The SMILES string of the molecule is CCC(=O)N1CCc2cc(S(=O)(=O)NC(C(=O)NCCc3ccccc3)C(C)C)ccc21. The zero-order valence-corrected chi connectivity index (χ0v) is 19.6. The van der Waals surface area contributed by atoms with Crippen molar-refractivity contribution in [3.63, 3.8) is 0 Å². The minimum absolute atomic E-state index is 0.0181. The molecule has 0 aromatic heterocycles. The number of hydrogen-bond acceptors (Lipinski definition) is 4. The number of amides is 2. The Morgan fingerprint density at radius 2 is 1.81 bits per heavy atom. The lowest BCUT2D eigenvalue weighted by Crippen LogP contribution is -2.49. The first-order valence-electron chi connectivity index (χ1n) is 11.0. The van der Waals surface area contributed by atoms with Crippen LogP contribution >= 0.6 is 0 Å². The maximum absolute atomic E-state index is 13.0. The van der Waals surface area contributed by atoms with Gasteiger partial charge in [-0.2, -0.15) is 4.72 Å². The molecule has 172 valence electrons. The maximum Gasteiger partial charge on any atom is 0.241 e. The number of hydrogen-bond donors (Lipinski definition) is 2. The Bertz CT molecular complexity index is 1070. The van der Waals surface area contributed by atoms with Crippen LogP contribution in [0, 0.1) is 5.92 Å². The average Bonchev–Trinajstić information content (AvgIpc) is 3.21.